The van der Waals surface area contributed by atoms with Crippen LogP contribution in [-0.4, -0.2) is 7.11 Å². The van der Waals surface area contributed by atoms with Crippen LogP contribution in [0.1, 0.15) is 16.7 Å². The van der Waals surface area contributed by atoms with Crippen molar-refractivity contribution in [3.05, 3.63) is 26.2 Å². The Balaban J connectivity index is 3.56. The highest BCUT2D eigenvalue weighted by Gasteiger charge is 2.14. The van der Waals surface area contributed by atoms with Crippen molar-refractivity contribution in [1.82, 2.24) is 0 Å². The molecule has 0 unspecified atom stereocenters. The van der Waals surface area contributed by atoms with Crippen LogP contribution in [0, 0.1) is 20.8 Å². The molecule has 0 aliphatic heterocycles. The SMILES string of the molecule is COc1c(C)c(C)c(Cl)c(C)c1Br. The van der Waals surface area contributed by atoms with E-state index in [1.165, 1.54) is 0 Å². The second-order valence-corrected chi connectivity index (χ2v) is 4.21. The van der Waals surface area contributed by atoms with Crippen molar-refractivity contribution in [1.29, 1.82) is 0 Å². The van der Waals surface area contributed by atoms with E-state index in [0.717, 1.165) is 31.9 Å². The van der Waals surface area contributed by atoms with E-state index in [-0.39, 0.29) is 0 Å². The number of ether oxygens (including phenoxy) is 1. The van der Waals surface area contributed by atoms with Crippen molar-refractivity contribution >= 4 is 27.5 Å². The highest BCUT2D eigenvalue weighted by atomic mass is 79.9. The lowest BCUT2D eigenvalue weighted by Crippen LogP contribution is -1.95. The van der Waals surface area contributed by atoms with Gasteiger partial charge in [-0.25, -0.2) is 0 Å². The number of benzene rings is 1. The Hall–Kier alpha value is -0.210. The maximum Gasteiger partial charge on any atom is 0.136 e. The zero-order valence-electron chi connectivity index (χ0n) is 8.16. The van der Waals surface area contributed by atoms with E-state index in [1.54, 1.807) is 7.11 Å². The minimum Gasteiger partial charge on any atom is -0.495 e. The van der Waals surface area contributed by atoms with Crippen molar-refractivity contribution in [2.75, 3.05) is 7.11 Å². The first-order valence-electron chi connectivity index (χ1n) is 3.99. The summed E-state index contributed by atoms with van der Waals surface area (Å²) in [5, 5.41) is 0.810. The molecule has 0 N–H and O–H groups in total. The van der Waals surface area contributed by atoms with Gasteiger partial charge < -0.3 is 4.74 Å². The third-order valence-corrected chi connectivity index (χ3v) is 3.82. The smallest absolute Gasteiger partial charge is 0.136 e. The lowest BCUT2D eigenvalue weighted by atomic mass is 10.1. The molecule has 0 aromatic heterocycles. The fraction of sp³-hybridized carbons (Fsp3) is 0.400. The van der Waals surface area contributed by atoms with Crippen LogP contribution >= 0.6 is 27.5 Å². The molecule has 1 rings (SSSR count). The molecule has 0 heterocycles. The minimum absolute atomic E-state index is 0.810. The van der Waals surface area contributed by atoms with Crippen molar-refractivity contribution in [3.8, 4) is 5.75 Å². The molecule has 0 atom stereocenters. The molecule has 0 saturated heterocycles. The summed E-state index contributed by atoms with van der Waals surface area (Å²) < 4.78 is 6.23. The van der Waals surface area contributed by atoms with Crippen LogP contribution in [0.5, 0.6) is 5.75 Å². The molecule has 0 amide bonds. The van der Waals surface area contributed by atoms with Gasteiger partial charge in [-0.1, -0.05) is 11.6 Å². The summed E-state index contributed by atoms with van der Waals surface area (Å²) in [6, 6.07) is 0. The first-order valence-corrected chi connectivity index (χ1v) is 5.16. The first-order chi connectivity index (χ1) is 6.00. The van der Waals surface area contributed by atoms with Crippen molar-refractivity contribution in [2.24, 2.45) is 0 Å². The molecule has 1 aromatic carbocycles. The molecule has 13 heavy (non-hydrogen) atoms. The lowest BCUT2D eigenvalue weighted by Gasteiger charge is -2.14. The van der Waals surface area contributed by atoms with Crippen molar-refractivity contribution < 1.29 is 4.74 Å². The minimum atomic E-state index is 0.810. The molecule has 3 heteroatoms. The Morgan fingerprint density at radius 3 is 2.08 bits per heavy atom. The number of halogens is 2. The molecule has 1 nitrogen and oxygen atoms in total. The maximum absolute atomic E-state index is 6.13. The van der Waals surface area contributed by atoms with Gasteiger partial charge in [-0.2, -0.15) is 0 Å². The average molecular weight is 264 g/mol. The third kappa shape index (κ3) is 1.70. The summed E-state index contributed by atoms with van der Waals surface area (Å²) in [4.78, 5) is 0. The van der Waals surface area contributed by atoms with Gasteiger partial charge in [0.2, 0.25) is 0 Å². The van der Waals surface area contributed by atoms with E-state index in [9.17, 15) is 0 Å². The van der Waals surface area contributed by atoms with Crippen molar-refractivity contribution in [3.63, 3.8) is 0 Å². The molecular weight excluding hydrogens is 251 g/mol. The molecule has 0 radical (unpaired) electrons. The summed E-state index contributed by atoms with van der Waals surface area (Å²) in [6.45, 7) is 5.98. The van der Waals surface area contributed by atoms with Gasteiger partial charge in [-0.05, 0) is 53.4 Å². The van der Waals surface area contributed by atoms with Crippen LogP contribution < -0.4 is 4.74 Å². The summed E-state index contributed by atoms with van der Waals surface area (Å²) in [7, 11) is 1.67. The topological polar surface area (TPSA) is 9.23 Å². The Morgan fingerprint density at radius 1 is 1.08 bits per heavy atom. The van der Waals surface area contributed by atoms with Crippen LogP contribution in [0.25, 0.3) is 0 Å². The number of hydrogen-bond donors (Lipinski definition) is 0. The van der Waals surface area contributed by atoms with E-state index in [1.807, 2.05) is 20.8 Å². The van der Waals surface area contributed by atoms with Crippen LogP contribution in [0.3, 0.4) is 0 Å². The molecule has 0 aliphatic carbocycles. The summed E-state index contributed by atoms with van der Waals surface area (Å²) in [5.41, 5.74) is 3.20. The first kappa shape index (κ1) is 10.9. The third-order valence-electron chi connectivity index (χ3n) is 2.29. The Bertz CT molecular complexity index is 318. The van der Waals surface area contributed by atoms with Gasteiger partial charge in [0.05, 0.1) is 11.6 Å². The number of rotatable bonds is 1. The molecule has 0 aliphatic rings. The normalized spacial score (nSPS) is 10.3. The van der Waals surface area contributed by atoms with E-state index in [4.69, 9.17) is 16.3 Å². The van der Waals surface area contributed by atoms with Gasteiger partial charge in [-0.3, -0.25) is 0 Å². The largest absolute Gasteiger partial charge is 0.495 e. The van der Waals surface area contributed by atoms with Crippen LogP contribution in [0.15, 0.2) is 4.47 Å². The summed E-state index contributed by atoms with van der Waals surface area (Å²) >= 11 is 9.60. The fourth-order valence-electron chi connectivity index (χ4n) is 1.29. The number of hydrogen-bond acceptors (Lipinski definition) is 1. The number of methoxy groups -OCH3 is 1. The van der Waals surface area contributed by atoms with Gasteiger partial charge >= 0.3 is 0 Å². The Labute approximate surface area is 92.2 Å². The van der Waals surface area contributed by atoms with E-state index < -0.39 is 0 Å². The molecule has 0 saturated carbocycles. The van der Waals surface area contributed by atoms with Gasteiger partial charge in [0.1, 0.15) is 5.75 Å². The van der Waals surface area contributed by atoms with Crippen LogP contribution in [0.4, 0.5) is 0 Å². The molecule has 0 bridgehead atoms. The second kappa shape index (κ2) is 3.89. The molecule has 0 fully saturated rings. The van der Waals surface area contributed by atoms with E-state index in [0.29, 0.717) is 0 Å². The van der Waals surface area contributed by atoms with Crippen LogP contribution in [-0.2, 0) is 0 Å². The lowest BCUT2D eigenvalue weighted by molar-refractivity contribution is 0.408. The van der Waals surface area contributed by atoms with Gasteiger partial charge in [0.25, 0.3) is 0 Å². The predicted octanol–water partition coefficient (Wildman–Crippen LogP) is 4.04. The Morgan fingerprint density at radius 2 is 1.62 bits per heavy atom. The van der Waals surface area contributed by atoms with Crippen molar-refractivity contribution in [2.45, 2.75) is 20.8 Å². The standard InChI is InChI=1S/C10H12BrClO/c1-5-6(2)10(13-4)8(11)7(3)9(5)12/h1-4H3. The molecule has 0 spiro atoms. The zero-order chi connectivity index (χ0) is 10.2. The van der Waals surface area contributed by atoms with E-state index >= 15 is 0 Å². The van der Waals surface area contributed by atoms with Gasteiger partial charge in [0.15, 0.2) is 0 Å². The average Bonchev–Trinajstić information content (AvgIpc) is 2.13. The second-order valence-electron chi connectivity index (χ2n) is 3.04. The summed E-state index contributed by atoms with van der Waals surface area (Å²) in [5.74, 6) is 0.874. The molecule has 72 valence electrons. The Kier molecular flexibility index (Phi) is 3.25. The quantitative estimate of drug-likeness (QED) is 0.743. The fourth-order valence-corrected chi connectivity index (χ4v) is 2.30. The molecular formula is C10H12BrClO. The van der Waals surface area contributed by atoms with Gasteiger partial charge in [0, 0.05) is 5.02 Å². The monoisotopic (exact) mass is 262 g/mol. The highest BCUT2D eigenvalue weighted by molar-refractivity contribution is 9.10. The predicted molar refractivity (Wildman–Crippen MR) is 59.9 cm³/mol. The summed E-state index contributed by atoms with van der Waals surface area (Å²) in [6.07, 6.45) is 0. The highest BCUT2D eigenvalue weighted by Crippen LogP contribution is 2.38. The van der Waals surface area contributed by atoms with Crippen LogP contribution in [0.2, 0.25) is 5.02 Å². The van der Waals surface area contributed by atoms with Gasteiger partial charge in [-0.15, -0.1) is 0 Å². The molecule has 1 aromatic rings. The maximum atomic E-state index is 6.13. The van der Waals surface area contributed by atoms with E-state index in [2.05, 4.69) is 15.9 Å². The zero-order valence-corrected chi connectivity index (χ0v) is 10.5.